The van der Waals surface area contributed by atoms with Crippen LogP contribution >= 0.6 is 19.4 Å². The normalized spacial score (nSPS) is 15.2. The van der Waals surface area contributed by atoms with Crippen LogP contribution in [0.1, 0.15) is 20.8 Å². The first-order valence-electron chi connectivity index (χ1n) is 7.15. The summed E-state index contributed by atoms with van der Waals surface area (Å²) in [6, 6.07) is 1.72. The number of thioether (sulfide) groups is 1. The summed E-state index contributed by atoms with van der Waals surface area (Å²) >= 11 is -0.808. The van der Waals surface area contributed by atoms with Gasteiger partial charge >= 0.3 is 13.1 Å². The van der Waals surface area contributed by atoms with Crippen LogP contribution in [-0.4, -0.2) is 33.0 Å². The van der Waals surface area contributed by atoms with Crippen molar-refractivity contribution in [2.75, 3.05) is 13.0 Å². The average molecular weight is 440 g/mol. The highest BCUT2D eigenvalue weighted by Crippen LogP contribution is 2.50. The third kappa shape index (κ3) is 7.53. The van der Waals surface area contributed by atoms with Gasteiger partial charge in [-0.05, 0) is 50.7 Å². The van der Waals surface area contributed by atoms with E-state index in [0.29, 0.717) is 18.2 Å². The van der Waals surface area contributed by atoms with Crippen molar-refractivity contribution in [2.45, 2.75) is 42.2 Å². The summed E-state index contributed by atoms with van der Waals surface area (Å²) in [5.41, 5.74) is -4.85. The SMILES string of the molecule is CCOP(=O)(COS(=O)(=O)c1ccc(F)cc1SC(F)(F)F)OC(C)C. The lowest BCUT2D eigenvalue weighted by Crippen LogP contribution is -2.14. The van der Waals surface area contributed by atoms with Crippen LogP contribution in [-0.2, 0) is 27.9 Å². The molecule has 1 atom stereocenters. The second-order valence-electron chi connectivity index (χ2n) is 5.02. The molecule has 0 radical (unpaired) electrons. The van der Waals surface area contributed by atoms with Crippen LogP contribution in [0.4, 0.5) is 17.6 Å². The van der Waals surface area contributed by atoms with Gasteiger partial charge in [-0.15, -0.1) is 0 Å². The molecule has 0 amide bonds. The first-order valence-corrected chi connectivity index (χ1v) is 11.1. The van der Waals surface area contributed by atoms with E-state index in [9.17, 15) is 30.5 Å². The van der Waals surface area contributed by atoms with Gasteiger partial charge in [0, 0.05) is 4.90 Å². The maximum absolute atomic E-state index is 13.2. The monoisotopic (exact) mass is 440 g/mol. The second-order valence-corrected chi connectivity index (χ2v) is 9.66. The molecule has 0 saturated heterocycles. The molecule has 0 bridgehead atoms. The van der Waals surface area contributed by atoms with Gasteiger partial charge in [0.2, 0.25) is 0 Å². The minimum absolute atomic E-state index is 0.0703. The maximum atomic E-state index is 13.2. The van der Waals surface area contributed by atoms with E-state index in [-0.39, 0.29) is 6.61 Å². The Morgan fingerprint density at radius 2 is 1.88 bits per heavy atom. The lowest BCUT2D eigenvalue weighted by Gasteiger charge is -2.20. The number of rotatable bonds is 9. The first-order chi connectivity index (χ1) is 11.8. The van der Waals surface area contributed by atoms with Gasteiger partial charge in [0.25, 0.3) is 10.1 Å². The molecule has 0 heterocycles. The Balaban J connectivity index is 3.12. The highest BCUT2D eigenvalue weighted by Gasteiger charge is 2.35. The Morgan fingerprint density at radius 1 is 1.27 bits per heavy atom. The number of hydrogen-bond donors (Lipinski definition) is 0. The molecular formula is C13H17F4O6PS2. The van der Waals surface area contributed by atoms with Crippen molar-refractivity contribution in [3.8, 4) is 0 Å². The first kappa shape index (κ1) is 23.4. The van der Waals surface area contributed by atoms with Crippen molar-refractivity contribution in [1.82, 2.24) is 0 Å². The van der Waals surface area contributed by atoms with Crippen LogP contribution < -0.4 is 0 Å². The molecule has 0 N–H and O–H groups in total. The van der Waals surface area contributed by atoms with Crippen LogP contribution in [0, 0.1) is 5.82 Å². The molecule has 1 aromatic carbocycles. The van der Waals surface area contributed by atoms with Gasteiger partial charge < -0.3 is 9.05 Å². The van der Waals surface area contributed by atoms with Crippen LogP contribution in [0.3, 0.4) is 0 Å². The molecule has 0 spiro atoms. The Labute approximate surface area is 152 Å². The summed E-state index contributed by atoms with van der Waals surface area (Å²) in [7, 11) is -8.75. The summed E-state index contributed by atoms with van der Waals surface area (Å²) in [4.78, 5) is -1.82. The van der Waals surface area contributed by atoms with E-state index >= 15 is 0 Å². The lowest BCUT2D eigenvalue weighted by molar-refractivity contribution is -0.0329. The fraction of sp³-hybridized carbons (Fsp3) is 0.538. The molecular weight excluding hydrogens is 423 g/mol. The molecule has 1 unspecified atom stereocenters. The fourth-order valence-corrected chi connectivity index (χ4v) is 5.70. The molecule has 1 rings (SSSR count). The summed E-state index contributed by atoms with van der Waals surface area (Å²) in [6.45, 7) is 4.47. The van der Waals surface area contributed by atoms with Crippen LogP contribution in [0.2, 0.25) is 0 Å². The molecule has 0 aliphatic carbocycles. The Kier molecular flexibility index (Phi) is 8.12. The smallest absolute Gasteiger partial charge is 0.307 e. The van der Waals surface area contributed by atoms with E-state index in [1.165, 1.54) is 20.8 Å². The van der Waals surface area contributed by atoms with Gasteiger partial charge in [-0.2, -0.15) is 21.6 Å². The van der Waals surface area contributed by atoms with Crippen molar-refractivity contribution >= 4 is 29.5 Å². The van der Waals surface area contributed by atoms with Crippen molar-refractivity contribution in [1.29, 1.82) is 0 Å². The molecule has 1 aromatic rings. The predicted molar refractivity (Wildman–Crippen MR) is 86.9 cm³/mol. The van der Waals surface area contributed by atoms with Gasteiger partial charge in [-0.3, -0.25) is 8.75 Å². The minimum Gasteiger partial charge on any atom is -0.307 e. The van der Waals surface area contributed by atoms with Gasteiger partial charge in [0.1, 0.15) is 10.7 Å². The zero-order chi connectivity index (χ0) is 20.2. The Morgan fingerprint density at radius 3 is 2.38 bits per heavy atom. The van der Waals surface area contributed by atoms with Gasteiger partial charge in [0.05, 0.1) is 12.7 Å². The van der Waals surface area contributed by atoms with Crippen molar-refractivity contribution in [3.05, 3.63) is 24.0 Å². The molecule has 0 saturated carbocycles. The minimum atomic E-state index is -4.85. The van der Waals surface area contributed by atoms with Crippen molar-refractivity contribution < 1.29 is 43.8 Å². The van der Waals surface area contributed by atoms with Gasteiger partial charge in [-0.25, -0.2) is 4.39 Å². The van der Waals surface area contributed by atoms with Gasteiger partial charge in [0.15, 0.2) is 6.35 Å². The Bertz CT molecular complexity index is 766. The highest BCUT2D eigenvalue weighted by molar-refractivity contribution is 8.00. The zero-order valence-electron chi connectivity index (χ0n) is 13.9. The molecule has 0 fully saturated rings. The maximum Gasteiger partial charge on any atom is 0.446 e. The summed E-state index contributed by atoms with van der Waals surface area (Å²) in [5, 5.41) is 0. The molecule has 6 nitrogen and oxygen atoms in total. The van der Waals surface area contributed by atoms with Crippen molar-refractivity contribution in [3.63, 3.8) is 0 Å². The Hall–Kier alpha value is -0.650. The fourth-order valence-electron chi connectivity index (χ4n) is 1.71. The predicted octanol–water partition coefficient (Wildman–Crippen LogP) is 4.76. The number of halogens is 4. The summed E-state index contributed by atoms with van der Waals surface area (Å²) < 4.78 is 102. The van der Waals surface area contributed by atoms with Crippen LogP contribution in [0.25, 0.3) is 0 Å². The van der Waals surface area contributed by atoms with Crippen LogP contribution in [0.15, 0.2) is 28.0 Å². The molecule has 26 heavy (non-hydrogen) atoms. The van der Waals surface area contributed by atoms with E-state index in [1.807, 2.05) is 0 Å². The third-order valence-corrected chi connectivity index (χ3v) is 6.72. The van der Waals surface area contributed by atoms with E-state index in [2.05, 4.69) is 4.18 Å². The lowest BCUT2D eigenvalue weighted by atomic mass is 10.3. The van der Waals surface area contributed by atoms with Crippen molar-refractivity contribution in [2.24, 2.45) is 0 Å². The second kappa shape index (κ2) is 9.03. The number of hydrogen-bond acceptors (Lipinski definition) is 7. The van der Waals surface area contributed by atoms with Gasteiger partial charge in [-0.1, -0.05) is 0 Å². The average Bonchev–Trinajstić information content (AvgIpc) is 2.43. The highest BCUT2D eigenvalue weighted by atomic mass is 32.2. The topological polar surface area (TPSA) is 78.9 Å². The summed E-state index contributed by atoms with van der Waals surface area (Å²) in [6.07, 6.45) is -1.62. The van der Waals surface area contributed by atoms with E-state index < -0.39 is 63.0 Å². The van der Waals surface area contributed by atoms with E-state index in [4.69, 9.17) is 9.05 Å². The summed E-state index contributed by atoms with van der Waals surface area (Å²) in [5.74, 6) is -1.06. The molecule has 150 valence electrons. The molecule has 0 aromatic heterocycles. The van der Waals surface area contributed by atoms with E-state index in [0.717, 1.165) is 0 Å². The largest absolute Gasteiger partial charge is 0.446 e. The van der Waals surface area contributed by atoms with Crippen LogP contribution in [0.5, 0.6) is 0 Å². The quantitative estimate of drug-likeness (QED) is 0.237. The zero-order valence-corrected chi connectivity index (χ0v) is 16.5. The molecule has 0 aliphatic heterocycles. The third-order valence-electron chi connectivity index (χ3n) is 2.46. The van der Waals surface area contributed by atoms with E-state index in [1.54, 1.807) is 0 Å². The standard InChI is InChI=1S/C13H17F4O6PS2/c1-4-21-24(18,23-9(2)3)8-22-26(19,20)12-6-5-10(14)7-11(12)25-13(15,16)17/h5-7,9H,4,8H2,1-3H3. The number of benzene rings is 1. The molecule has 0 aliphatic rings. The molecule has 13 heteroatoms. The number of alkyl halides is 3.